The fraction of sp³-hybridized carbons (Fsp3) is 0.273. The standard InChI is InChI=1S/C11H13N3S/c1-2-4-13-11-7-12-6-10(14-11)9-3-5-15-8-9/h3,5-8H,2,4H2,1H3,(H,13,14). The zero-order chi connectivity index (χ0) is 10.5. The number of aromatic nitrogens is 2. The van der Waals surface area contributed by atoms with Gasteiger partial charge in [-0.1, -0.05) is 6.92 Å². The van der Waals surface area contributed by atoms with Crippen LogP contribution in [-0.2, 0) is 0 Å². The summed E-state index contributed by atoms with van der Waals surface area (Å²) in [6.07, 6.45) is 4.63. The molecule has 4 heteroatoms. The molecule has 0 saturated heterocycles. The number of anilines is 1. The largest absolute Gasteiger partial charge is 0.369 e. The Labute approximate surface area is 93.2 Å². The number of nitrogens with zero attached hydrogens (tertiary/aromatic N) is 2. The van der Waals surface area contributed by atoms with E-state index in [-0.39, 0.29) is 0 Å². The number of thiophene rings is 1. The molecule has 0 aliphatic rings. The number of hydrogen-bond acceptors (Lipinski definition) is 4. The molecule has 0 atom stereocenters. The van der Waals surface area contributed by atoms with E-state index < -0.39 is 0 Å². The quantitative estimate of drug-likeness (QED) is 0.859. The molecule has 0 aliphatic carbocycles. The molecule has 2 aromatic rings. The SMILES string of the molecule is CCCNc1cncc(-c2ccsc2)n1. The summed E-state index contributed by atoms with van der Waals surface area (Å²) < 4.78 is 0. The maximum absolute atomic E-state index is 4.49. The normalized spacial score (nSPS) is 10.2. The first-order valence-electron chi connectivity index (χ1n) is 4.98. The maximum atomic E-state index is 4.49. The first-order chi connectivity index (χ1) is 7.40. The summed E-state index contributed by atoms with van der Waals surface area (Å²) in [5, 5.41) is 7.35. The van der Waals surface area contributed by atoms with E-state index in [4.69, 9.17) is 0 Å². The summed E-state index contributed by atoms with van der Waals surface area (Å²) in [5.74, 6) is 0.848. The Bertz CT molecular complexity index is 412. The molecule has 2 heterocycles. The van der Waals surface area contributed by atoms with E-state index in [1.54, 1.807) is 23.7 Å². The summed E-state index contributed by atoms with van der Waals surface area (Å²) in [6, 6.07) is 2.05. The highest BCUT2D eigenvalue weighted by molar-refractivity contribution is 7.08. The van der Waals surface area contributed by atoms with Gasteiger partial charge in [-0.3, -0.25) is 4.98 Å². The van der Waals surface area contributed by atoms with Gasteiger partial charge in [0, 0.05) is 17.5 Å². The second kappa shape index (κ2) is 4.89. The van der Waals surface area contributed by atoms with Crippen molar-refractivity contribution in [2.45, 2.75) is 13.3 Å². The molecule has 2 rings (SSSR count). The van der Waals surface area contributed by atoms with Crippen molar-refractivity contribution < 1.29 is 0 Å². The molecule has 2 aromatic heterocycles. The lowest BCUT2D eigenvalue weighted by molar-refractivity contribution is 0.965. The molecule has 0 spiro atoms. The van der Waals surface area contributed by atoms with E-state index in [2.05, 4.69) is 33.7 Å². The van der Waals surface area contributed by atoms with Gasteiger partial charge in [-0.15, -0.1) is 0 Å². The van der Waals surface area contributed by atoms with Gasteiger partial charge in [0.1, 0.15) is 5.82 Å². The summed E-state index contributed by atoms with van der Waals surface area (Å²) in [4.78, 5) is 8.66. The minimum Gasteiger partial charge on any atom is -0.369 e. The van der Waals surface area contributed by atoms with Gasteiger partial charge in [-0.25, -0.2) is 4.98 Å². The van der Waals surface area contributed by atoms with E-state index >= 15 is 0 Å². The van der Waals surface area contributed by atoms with Crippen LogP contribution in [0.1, 0.15) is 13.3 Å². The Morgan fingerprint density at radius 3 is 3.07 bits per heavy atom. The van der Waals surface area contributed by atoms with Crippen molar-refractivity contribution in [3.8, 4) is 11.3 Å². The highest BCUT2D eigenvalue weighted by Gasteiger charge is 2.01. The second-order valence-corrected chi connectivity index (χ2v) is 4.01. The van der Waals surface area contributed by atoms with Crippen LogP contribution in [0, 0.1) is 0 Å². The highest BCUT2D eigenvalue weighted by atomic mass is 32.1. The van der Waals surface area contributed by atoms with Crippen molar-refractivity contribution in [2.24, 2.45) is 0 Å². The minimum absolute atomic E-state index is 0.848. The minimum atomic E-state index is 0.848. The summed E-state index contributed by atoms with van der Waals surface area (Å²) in [7, 11) is 0. The lowest BCUT2D eigenvalue weighted by Gasteiger charge is -2.04. The van der Waals surface area contributed by atoms with E-state index in [0.717, 1.165) is 30.0 Å². The maximum Gasteiger partial charge on any atom is 0.145 e. The molecule has 0 bridgehead atoms. The van der Waals surface area contributed by atoms with Gasteiger partial charge in [-0.05, 0) is 17.9 Å². The Kier molecular flexibility index (Phi) is 3.29. The Hall–Kier alpha value is -1.42. The van der Waals surface area contributed by atoms with E-state index in [0.29, 0.717) is 0 Å². The molecular weight excluding hydrogens is 206 g/mol. The number of nitrogens with one attached hydrogen (secondary N) is 1. The molecule has 3 nitrogen and oxygen atoms in total. The van der Waals surface area contributed by atoms with Gasteiger partial charge in [-0.2, -0.15) is 11.3 Å². The van der Waals surface area contributed by atoms with Crippen LogP contribution >= 0.6 is 11.3 Å². The molecule has 15 heavy (non-hydrogen) atoms. The van der Waals surface area contributed by atoms with E-state index in [1.807, 2.05) is 5.38 Å². The van der Waals surface area contributed by atoms with Crippen molar-refractivity contribution in [3.63, 3.8) is 0 Å². The van der Waals surface area contributed by atoms with E-state index in [1.165, 1.54) is 0 Å². The van der Waals surface area contributed by atoms with Crippen molar-refractivity contribution >= 4 is 17.2 Å². The lowest BCUT2D eigenvalue weighted by Crippen LogP contribution is -2.02. The lowest BCUT2D eigenvalue weighted by atomic mass is 10.2. The first kappa shape index (κ1) is 10.1. The van der Waals surface area contributed by atoms with Gasteiger partial charge >= 0.3 is 0 Å². The van der Waals surface area contributed by atoms with Crippen LogP contribution in [0.4, 0.5) is 5.82 Å². The van der Waals surface area contributed by atoms with Gasteiger partial charge in [0.2, 0.25) is 0 Å². The Balaban J connectivity index is 2.19. The van der Waals surface area contributed by atoms with Crippen LogP contribution in [-0.4, -0.2) is 16.5 Å². The fourth-order valence-electron chi connectivity index (χ4n) is 1.25. The predicted octanol–water partition coefficient (Wildman–Crippen LogP) is 3.03. The second-order valence-electron chi connectivity index (χ2n) is 3.23. The third-order valence-corrected chi connectivity index (χ3v) is 2.69. The Morgan fingerprint density at radius 1 is 1.40 bits per heavy atom. The topological polar surface area (TPSA) is 37.8 Å². The van der Waals surface area contributed by atoms with Gasteiger partial charge in [0.25, 0.3) is 0 Å². The molecule has 78 valence electrons. The van der Waals surface area contributed by atoms with Crippen molar-refractivity contribution in [1.82, 2.24) is 9.97 Å². The van der Waals surface area contributed by atoms with Gasteiger partial charge < -0.3 is 5.32 Å². The van der Waals surface area contributed by atoms with Crippen molar-refractivity contribution in [3.05, 3.63) is 29.2 Å². The molecular formula is C11H13N3S. The van der Waals surface area contributed by atoms with Crippen LogP contribution < -0.4 is 5.32 Å². The summed E-state index contributed by atoms with van der Waals surface area (Å²) in [5.41, 5.74) is 2.06. The average molecular weight is 219 g/mol. The molecule has 0 saturated carbocycles. The smallest absolute Gasteiger partial charge is 0.145 e. The van der Waals surface area contributed by atoms with Crippen molar-refractivity contribution in [1.29, 1.82) is 0 Å². The fourth-order valence-corrected chi connectivity index (χ4v) is 1.90. The average Bonchev–Trinajstić information content (AvgIpc) is 2.80. The van der Waals surface area contributed by atoms with Crippen LogP contribution in [0.2, 0.25) is 0 Å². The zero-order valence-electron chi connectivity index (χ0n) is 8.60. The van der Waals surface area contributed by atoms with Crippen LogP contribution in [0.15, 0.2) is 29.2 Å². The molecule has 0 aromatic carbocycles. The number of hydrogen-bond donors (Lipinski definition) is 1. The predicted molar refractivity (Wildman–Crippen MR) is 64.1 cm³/mol. The van der Waals surface area contributed by atoms with Crippen LogP contribution in [0.3, 0.4) is 0 Å². The van der Waals surface area contributed by atoms with Gasteiger partial charge in [0.15, 0.2) is 0 Å². The first-order valence-corrected chi connectivity index (χ1v) is 5.93. The van der Waals surface area contributed by atoms with E-state index in [9.17, 15) is 0 Å². The Morgan fingerprint density at radius 2 is 2.33 bits per heavy atom. The van der Waals surface area contributed by atoms with Gasteiger partial charge in [0.05, 0.1) is 18.1 Å². The third kappa shape index (κ3) is 2.53. The molecule has 0 unspecified atom stereocenters. The third-order valence-electron chi connectivity index (χ3n) is 2.01. The summed E-state index contributed by atoms with van der Waals surface area (Å²) in [6.45, 7) is 3.06. The molecule has 0 amide bonds. The number of rotatable bonds is 4. The molecule has 0 radical (unpaired) electrons. The van der Waals surface area contributed by atoms with Crippen LogP contribution in [0.5, 0.6) is 0 Å². The molecule has 0 fully saturated rings. The monoisotopic (exact) mass is 219 g/mol. The van der Waals surface area contributed by atoms with Crippen LogP contribution in [0.25, 0.3) is 11.3 Å². The van der Waals surface area contributed by atoms with Crippen molar-refractivity contribution in [2.75, 3.05) is 11.9 Å². The molecule has 0 aliphatic heterocycles. The molecule has 1 N–H and O–H groups in total. The highest BCUT2D eigenvalue weighted by Crippen LogP contribution is 2.20. The summed E-state index contributed by atoms with van der Waals surface area (Å²) >= 11 is 1.67. The zero-order valence-corrected chi connectivity index (χ0v) is 9.42.